The number of hydrogen-bond acceptors (Lipinski definition) is 1. The van der Waals surface area contributed by atoms with Crippen LogP contribution in [-0.2, 0) is 0 Å². The first kappa shape index (κ1) is 20.8. The van der Waals surface area contributed by atoms with E-state index in [4.69, 9.17) is 4.74 Å². The summed E-state index contributed by atoms with van der Waals surface area (Å²) in [6, 6.07) is 10.1. The van der Waals surface area contributed by atoms with Gasteiger partial charge in [-0.05, 0) is 97.1 Å². The molecule has 3 heteroatoms. The van der Waals surface area contributed by atoms with E-state index in [1.54, 1.807) is 24.3 Å². The summed E-state index contributed by atoms with van der Waals surface area (Å²) in [5.74, 6) is 1.97. The van der Waals surface area contributed by atoms with E-state index in [0.717, 1.165) is 24.3 Å². The van der Waals surface area contributed by atoms with Crippen LogP contribution in [-0.4, -0.2) is 6.61 Å². The number of rotatable bonds is 6. The van der Waals surface area contributed by atoms with Crippen molar-refractivity contribution in [2.24, 2.45) is 17.8 Å². The summed E-state index contributed by atoms with van der Waals surface area (Å²) in [7, 11) is 0. The fraction of sp³-hybridized carbons (Fsp3) is 0.407. The van der Waals surface area contributed by atoms with Gasteiger partial charge in [0.25, 0.3) is 0 Å². The van der Waals surface area contributed by atoms with Gasteiger partial charge in [-0.3, -0.25) is 0 Å². The molecule has 0 radical (unpaired) electrons. The molecule has 0 aliphatic heterocycles. The lowest BCUT2D eigenvalue weighted by Gasteiger charge is -2.41. The molecule has 30 heavy (non-hydrogen) atoms. The van der Waals surface area contributed by atoms with Crippen molar-refractivity contribution in [2.45, 2.75) is 44.4 Å². The van der Waals surface area contributed by atoms with E-state index in [1.807, 2.05) is 12.1 Å². The fourth-order valence-corrected chi connectivity index (χ4v) is 5.41. The third-order valence-corrected chi connectivity index (χ3v) is 7.05. The Bertz CT molecular complexity index is 919. The number of hydrogen-bond donors (Lipinski definition) is 0. The van der Waals surface area contributed by atoms with Crippen molar-refractivity contribution in [3.05, 3.63) is 78.9 Å². The van der Waals surface area contributed by atoms with Gasteiger partial charge >= 0.3 is 0 Å². The molecule has 0 N–H and O–H groups in total. The van der Waals surface area contributed by atoms with Gasteiger partial charge in [-0.1, -0.05) is 36.9 Å². The Balaban J connectivity index is 1.48. The van der Waals surface area contributed by atoms with Gasteiger partial charge in [0.1, 0.15) is 12.4 Å². The fourth-order valence-electron chi connectivity index (χ4n) is 5.41. The predicted octanol–water partition coefficient (Wildman–Crippen LogP) is 7.68. The van der Waals surface area contributed by atoms with Crippen molar-refractivity contribution < 1.29 is 13.5 Å². The minimum atomic E-state index is -0.452. The Morgan fingerprint density at radius 1 is 0.867 bits per heavy atom. The molecular weight excluding hydrogens is 378 g/mol. The van der Waals surface area contributed by atoms with Crippen molar-refractivity contribution in [2.75, 3.05) is 6.61 Å². The Morgan fingerprint density at radius 2 is 1.57 bits per heavy atom. The summed E-state index contributed by atoms with van der Waals surface area (Å²) in [6.45, 7) is 7.78. The van der Waals surface area contributed by atoms with E-state index in [1.165, 1.54) is 31.7 Å². The highest BCUT2D eigenvalue weighted by molar-refractivity contribution is 5.65. The van der Waals surface area contributed by atoms with Gasteiger partial charge in [-0.15, -0.1) is 6.58 Å². The SMILES string of the molecule is C=CCOc1ccc(-c2ccc(C3CCC4CC(C=C)CCC4C3)c(F)c2)cc1F. The van der Waals surface area contributed by atoms with Gasteiger partial charge < -0.3 is 4.74 Å². The molecule has 0 heterocycles. The van der Waals surface area contributed by atoms with E-state index in [9.17, 15) is 4.39 Å². The number of fused-ring (bicyclic) bond motifs is 1. The third kappa shape index (κ3) is 4.35. The molecule has 0 bridgehead atoms. The van der Waals surface area contributed by atoms with Crippen LogP contribution in [0.4, 0.5) is 8.78 Å². The molecule has 4 unspecified atom stereocenters. The van der Waals surface area contributed by atoms with E-state index in [-0.39, 0.29) is 24.1 Å². The maximum atomic E-state index is 15.1. The van der Waals surface area contributed by atoms with Crippen LogP contribution in [0.5, 0.6) is 5.75 Å². The van der Waals surface area contributed by atoms with E-state index < -0.39 is 5.82 Å². The second kappa shape index (κ2) is 9.16. The van der Waals surface area contributed by atoms with Gasteiger partial charge in [-0.25, -0.2) is 8.78 Å². The minimum Gasteiger partial charge on any atom is -0.486 e. The highest BCUT2D eigenvalue weighted by Crippen LogP contribution is 2.48. The monoisotopic (exact) mass is 408 g/mol. The van der Waals surface area contributed by atoms with Crippen LogP contribution in [0.1, 0.15) is 50.0 Å². The molecule has 4 atom stereocenters. The highest BCUT2D eigenvalue weighted by atomic mass is 19.1. The lowest BCUT2D eigenvalue weighted by Crippen LogP contribution is -2.30. The molecular formula is C27H30F2O. The summed E-state index contributed by atoms with van der Waals surface area (Å²) < 4.78 is 34.6. The molecule has 0 spiro atoms. The summed E-state index contributed by atoms with van der Waals surface area (Å²) >= 11 is 0. The van der Waals surface area contributed by atoms with Gasteiger partial charge in [0.05, 0.1) is 0 Å². The van der Waals surface area contributed by atoms with Crippen LogP contribution >= 0.6 is 0 Å². The lowest BCUT2D eigenvalue weighted by molar-refractivity contribution is 0.132. The van der Waals surface area contributed by atoms with Crippen molar-refractivity contribution >= 4 is 0 Å². The van der Waals surface area contributed by atoms with Crippen LogP contribution < -0.4 is 4.74 Å². The first-order valence-corrected chi connectivity index (χ1v) is 11.0. The van der Waals surface area contributed by atoms with Crippen molar-refractivity contribution in [3.63, 3.8) is 0 Å². The first-order valence-electron chi connectivity index (χ1n) is 11.0. The van der Waals surface area contributed by atoms with Crippen LogP contribution in [0.3, 0.4) is 0 Å². The van der Waals surface area contributed by atoms with E-state index in [2.05, 4.69) is 19.2 Å². The molecule has 0 saturated heterocycles. The molecule has 2 aliphatic carbocycles. The summed E-state index contributed by atoms with van der Waals surface area (Å²) in [5, 5.41) is 0. The Kier molecular flexibility index (Phi) is 6.36. The third-order valence-electron chi connectivity index (χ3n) is 7.05. The van der Waals surface area contributed by atoms with Gasteiger partial charge in [0.15, 0.2) is 11.6 Å². The quantitative estimate of drug-likeness (QED) is 0.445. The minimum absolute atomic E-state index is 0.178. The molecule has 0 aromatic heterocycles. The van der Waals surface area contributed by atoms with Crippen LogP contribution in [0, 0.1) is 29.4 Å². The lowest BCUT2D eigenvalue weighted by atomic mass is 9.64. The Hall–Kier alpha value is -2.42. The zero-order valence-corrected chi connectivity index (χ0v) is 17.5. The number of allylic oxidation sites excluding steroid dienone is 1. The second-order valence-electron chi connectivity index (χ2n) is 8.82. The largest absolute Gasteiger partial charge is 0.486 e. The molecule has 2 aromatic rings. The van der Waals surface area contributed by atoms with Crippen LogP contribution in [0.2, 0.25) is 0 Å². The predicted molar refractivity (Wildman–Crippen MR) is 119 cm³/mol. The number of benzene rings is 2. The zero-order chi connectivity index (χ0) is 21.1. The molecule has 2 aliphatic rings. The van der Waals surface area contributed by atoms with E-state index in [0.29, 0.717) is 23.0 Å². The number of ether oxygens (including phenoxy) is 1. The van der Waals surface area contributed by atoms with Gasteiger partial charge in [-0.2, -0.15) is 0 Å². The van der Waals surface area contributed by atoms with Crippen molar-refractivity contribution in [3.8, 4) is 16.9 Å². The molecule has 1 nitrogen and oxygen atoms in total. The molecule has 158 valence electrons. The number of halogens is 2. The summed E-state index contributed by atoms with van der Waals surface area (Å²) in [4.78, 5) is 0. The normalized spacial score (nSPS) is 25.9. The zero-order valence-electron chi connectivity index (χ0n) is 17.5. The highest BCUT2D eigenvalue weighted by Gasteiger charge is 2.35. The molecule has 2 fully saturated rings. The summed E-state index contributed by atoms with van der Waals surface area (Å²) in [6.07, 6.45) is 10.7. The van der Waals surface area contributed by atoms with Gasteiger partial charge in [0.2, 0.25) is 0 Å². The molecule has 0 amide bonds. The first-order chi connectivity index (χ1) is 14.6. The average molecular weight is 409 g/mol. The van der Waals surface area contributed by atoms with Gasteiger partial charge in [0, 0.05) is 0 Å². The van der Waals surface area contributed by atoms with E-state index >= 15 is 4.39 Å². The van der Waals surface area contributed by atoms with Crippen molar-refractivity contribution in [1.29, 1.82) is 0 Å². The summed E-state index contributed by atoms with van der Waals surface area (Å²) in [5.41, 5.74) is 2.15. The maximum Gasteiger partial charge on any atom is 0.165 e. The molecule has 2 aromatic carbocycles. The average Bonchev–Trinajstić information content (AvgIpc) is 2.77. The Labute approximate surface area is 178 Å². The molecule has 4 rings (SSSR count). The standard InChI is InChI=1S/C27H30F2O/c1-3-13-30-27-12-10-22(17-26(27)29)21-9-11-24(25(28)16-21)23-8-7-19-14-18(4-2)5-6-20(19)15-23/h3-4,9-12,16-20,23H,1-2,5-8,13-15H2. The topological polar surface area (TPSA) is 9.23 Å². The van der Waals surface area contributed by atoms with Crippen LogP contribution in [0.25, 0.3) is 11.1 Å². The van der Waals surface area contributed by atoms with Crippen molar-refractivity contribution in [1.82, 2.24) is 0 Å². The van der Waals surface area contributed by atoms with Crippen LogP contribution in [0.15, 0.2) is 61.7 Å². The smallest absolute Gasteiger partial charge is 0.165 e. The Morgan fingerprint density at radius 3 is 2.27 bits per heavy atom. The molecule has 2 saturated carbocycles. The maximum absolute atomic E-state index is 15.1. The second-order valence-corrected chi connectivity index (χ2v) is 8.82.